The molecule has 0 spiro atoms. The predicted octanol–water partition coefficient (Wildman–Crippen LogP) is 0.923. The predicted molar refractivity (Wildman–Crippen MR) is 74.9 cm³/mol. The molecule has 0 aliphatic heterocycles. The van der Waals surface area contributed by atoms with Gasteiger partial charge in [-0.15, -0.1) is 0 Å². The molecule has 1 atom stereocenters. The van der Waals surface area contributed by atoms with Gasteiger partial charge in [0.05, 0.1) is 32.3 Å². The summed E-state index contributed by atoms with van der Waals surface area (Å²) in [6.07, 6.45) is -0.771. The summed E-state index contributed by atoms with van der Waals surface area (Å²) >= 11 is 0. The lowest BCUT2D eigenvalue weighted by atomic mass is 10.1. The van der Waals surface area contributed by atoms with Crippen LogP contribution >= 0.6 is 0 Å². The fourth-order valence-electron chi connectivity index (χ4n) is 1.72. The van der Waals surface area contributed by atoms with Crippen LogP contribution in [-0.4, -0.2) is 51.0 Å². The molecular weight excluding hydrogens is 278 g/mol. The number of carbonyl (C=O) groups is 2. The quantitative estimate of drug-likeness (QED) is 0.741. The van der Waals surface area contributed by atoms with E-state index in [1.54, 1.807) is 18.2 Å². The number of benzene rings is 1. The SMILES string of the molecule is COc1ccc(C(=O)NCC(CC(=O)O)OC)c(OC)c1. The van der Waals surface area contributed by atoms with Crippen molar-refractivity contribution in [3.05, 3.63) is 23.8 Å². The molecule has 1 rings (SSSR count). The molecule has 116 valence electrons. The summed E-state index contributed by atoms with van der Waals surface area (Å²) in [5.41, 5.74) is 0.337. The van der Waals surface area contributed by atoms with Gasteiger partial charge in [0.15, 0.2) is 0 Å². The highest BCUT2D eigenvalue weighted by Crippen LogP contribution is 2.24. The Kier molecular flexibility index (Phi) is 6.48. The molecule has 0 saturated heterocycles. The molecule has 0 heterocycles. The highest BCUT2D eigenvalue weighted by molar-refractivity contribution is 5.97. The van der Waals surface area contributed by atoms with Gasteiger partial charge in [-0.3, -0.25) is 9.59 Å². The molecule has 1 aromatic carbocycles. The first-order valence-electron chi connectivity index (χ1n) is 6.26. The van der Waals surface area contributed by atoms with E-state index in [4.69, 9.17) is 19.3 Å². The normalized spacial score (nSPS) is 11.6. The van der Waals surface area contributed by atoms with Crippen LogP contribution in [0.2, 0.25) is 0 Å². The number of amides is 1. The van der Waals surface area contributed by atoms with Crippen molar-refractivity contribution in [2.75, 3.05) is 27.9 Å². The van der Waals surface area contributed by atoms with E-state index in [1.807, 2.05) is 0 Å². The summed E-state index contributed by atoms with van der Waals surface area (Å²) < 4.78 is 15.2. The van der Waals surface area contributed by atoms with Crippen molar-refractivity contribution in [3.63, 3.8) is 0 Å². The number of nitrogens with one attached hydrogen (secondary N) is 1. The zero-order chi connectivity index (χ0) is 15.8. The number of carboxylic acids is 1. The third-order valence-electron chi connectivity index (χ3n) is 2.88. The zero-order valence-electron chi connectivity index (χ0n) is 12.2. The summed E-state index contributed by atoms with van der Waals surface area (Å²) in [5.74, 6) is -0.414. The molecule has 0 aliphatic rings. The molecular formula is C14H19NO6. The van der Waals surface area contributed by atoms with Gasteiger partial charge in [-0.05, 0) is 12.1 Å². The van der Waals surface area contributed by atoms with E-state index in [9.17, 15) is 9.59 Å². The van der Waals surface area contributed by atoms with Crippen LogP contribution in [0.25, 0.3) is 0 Å². The van der Waals surface area contributed by atoms with Crippen LogP contribution in [0, 0.1) is 0 Å². The molecule has 7 heteroatoms. The van der Waals surface area contributed by atoms with E-state index in [2.05, 4.69) is 5.32 Å². The summed E-state index contributed by atoms with van der Waals surface area (Å²) in [6.45, 7) is 0.0941. The Bertz CT molecular complexity index is 502. The van der Waals surface area contributed by atoms with Crippen LogP contribution in [-0.2, 0) is 9.53 Å². The van der Waals surface area contributed by atoms with Gasteiger partial charge < -0.3 is 24.6 Å². The first-order chi connectivity index (χ1) is 10.0. The molecule has 1 unspecified atom stereocenters. The van der Waals surface area contributed by atoms with E-state index in [0.717, 1.165) is 0 Å². The van der Waals surface area contributed by atoms with Gasteiger partial charge >= 0.3 is 5.97 Å². The molecule has 7 nitrogen and oxygen atoms in total. The largest absolute Gasteiger partial charge is 0.497 e. The maximum atomic E-state index is 12.1. The standard InChI is InChI=1S/C14H19NO6/c1-19-9-4-5-11(12(6-9)21-3)14(18)15-8-10(20-2)7-13(16)17/h4-6,10H,7-8H2,1-3H3,(H,15,18)(H,16,17). The van der Waals surface area contributed by atoms with Gasteiger partial charge in [0.1, 0.15) is 11.5 Å². The van der Waals surface area contributed by atoms with E-state index < -0.39 is 12.1 Å². The monoisotopic (exact) mass is 297 g/mol. The van der Waals surface area contributed by atoms with E-state index in [-0.39, 0.29) is 18.9 Å². The Labute approximate surface area is 122 Å². The Morgan fingerprint density at radius 2 is 1.95 bits per heavy atom. The molecule has 0 aromatic heterocycles. The van der Waals surface area contributed by atoms with Crippen molar-refractivity contribution in [1.82, 2.24) is 5.32 Å². The van der Waals surface area contributed by atoms with E-state index >= 15 is 0 Å². The number of methoxy groups -OCH3 is 3. The maximum absolute atomic E-state index is 12.1. The topological polar surface area (TPSA) is 94.1 Å². The molecule has 21 heavy (non-hydrogen) atoms. The number of hydrogen-bond donors (Lipinski definition) is 2. The van der Waals surface area contributed by atoms with E-state index in [1.165, 1.54) is 21.3 Å². The minimum atomic E-state index is -0.988. The van der Waals surface area contributed by atoms with Crippen LogP contribution in [0.5, 0.6) is 11.5 Å². The molecule has 0 aliphatic carbocycles. The molecule has 0 saturated carbocycles. The van der Waals surface area contributed by atoms with Gasteiger partial charge in [-0.1, -0.05) is 0 Å². The average Bonchev–Trinajstić information content (AvgIpc) is 2.49. The second-order valence-electron chi connectivity index (χ2n) is 4.23. The van der Waals surface area contributed by atoms with Gasteiger partial charge in [-0.2, -0.15) is 0 Å². The minimum absolute atomic E-state index is 0.0941. The van der Waals surface area contributed by atoms with Gasteiger partial charge in [0.25, 0.3) is 5.91 Å². The highest BCUT2D eigenvalue weighted by Gasteiger charge is 2.17. The first kappa shape index (κ1) is 16.8. The Hall–Kier alpha value is -2.28. The van der Waals surface area contributed by atoms with Gasteiger partial charge in [0, 0.05) is 19.7 Å². The van der Waals surface area contributed by atoms with Crippen LogP contribution in [0.4, 0.5) is 0 Å². The van der Waals surface area contributed by atoms with Crippen LogP contribution in [0.3, 0.4) is 0 Å². The van der Waals surface area contributed by atoms with Crippen molar-refractivity contribution < 1.29 is 28.9 Å². The smallest absolute Gasteiger partial charge is 0.306 e. The third-order valence-corrected chi connectivity index (χ3v) is 2.88. The van der Waals surface area contributed by atoms with Crippen molar-refractivity contribution >= 4 is 11.9 Å². The van der Waals surface area contributed by atoms with E-state index in [0.29, 0.717) is 17.1 Å². The van der Waals surface area contributed by atoms with Crippen molar-refractivity contribution in [2.24, 2.45) is 0 Å². The summed E-state index contributed by atoms with van der Waals surface area (Å²) in [6, 6.07) is 4.81. The molecule has 0 fully saturated rings. The molecule has 0 radical (unpaired) electrons. The van der Waals surface area contributed by atoms with Crippen LogP contribution < -0.4 is 14.8 Å². The molecule has 1 amide bonds. The summed E-state index contributed by atoms with van der Waals surface area (Å²) in [7, 11) is 4.37. The maximum Gasteiger partial charge on any atom is 0.306 e. The Balaban J connectivity index is 2.73. The molecule has 1 aromatic rings. The molecule has 2 N–H and O–H groups in total. The van der Waals surface area contributed by atoms with Gasteiger partial charge in [0.2, 0.25) is 0 Å². The van der Waals surface area contributed by atoms with Crippen LogP contribution in [0.15, 0.2) is 18.2 Å². The highest BCUT2D eigenvalue weighted by atomic mass is 16.5. The number of hydrogen-bond acceptors (Lipinski definition) is 5. The van der Waals surface area contributed by atoms with Crippen molar-refractivity contribution in [1.29, 1.82) is 0 Å². The Morgan fingerprint density at radius 3 is 2.48 bits per heavy atom. The number of aliphatic carboxylic acids is 1. The minimum Gasteiger partial charge on any atom is -0.497 e. The van der Waals surface area contributed by atoms with Crippen molar-refractivity contribution in [2.45, 2.75) is 12.5 Å². The number of ether oxygens (including phenoxy) is 3. The average molecular weight is 297 g/mol. The fraction of sp³-hybridized carbons (Fsp3) is 0.429. The second-order valence-corrected chi connectivity index (χ2v) is 4.23. The second kappa shape index (κ2) is 8.11. The summed E-state index contributed by atoms with van der Waals surface area (Å²) in [5, 5.41) is 11.3. The van der Waals surface area contributed by atoms with Crippen LogP contribution in [0.1, 0.15) is 16.8 Å². The number of carbonyl (C=O) groups excluding carboxylic acids is 1. The lowest BCUT2D eigenvalue weighted by Gasteiger charge is -2.15. The zero-order valence-corrected chi connectivity index (χ0v) is 12.2. The third kappa shape index (κ3) is 4.96. The first-order valence-corrected chi connectivity index (χ1v) is 6.26. The van der Waals surface area contributed by atoms with Gasteiger partial charge in [-0.25, -0.2) is 0 Å². The van der Waals surface area contributed by atoms with Crippen molar-refractivity contribution in [3.8, 4) is 11.5 Å². The Morgan fingerprint density at radius 1 is 1.24 bits per heavy atom. The fourth-order valence-corrected chi connectivity index (χ4v) is 1.72. The number of rotatable bonds is 8. The lowest BCUT2D eigenvalue weighted by Crippen LogP contribution is -2.34. The molecule has 0 bridgehead atoms. The lowest BCUT2D eigenvalue weighted by molar-refractivity contribution is -0.139. The summed E-state index contributed by atoms with van der Waals surface area (Å²) in [4.78, 5) is 22.7. The number of carboxylic acid groups (broad SMARTS) is 1.